The average molecular weight is 252 g/mol. The number of nitrogens with zero attached hydrogens (tertiary/aromatic N) is 1. The van der Waals surface area contributed by atoms with Gasteiger partial charge in [0.2, 0.25) is 5.91 Å². The highest BCUT2D eigenvalue weighted by molar-refractivity contribution is 5.84. The Morgan fingerprint density at radius 1 is 1.53 bits per heavy atom. The summed E-state index contributed by atoms with van der Waals surface area (Å²) >= 11 is 0. The van der Waals surface area contributed by atoms with Gasteiger partial charge in [-0.1, -0.05) is 6.92 Å². The first kappa shape index (κ1) is 14.3. The van der Waals surface area contributed by atoms with Gasteiger partial charge in [0.05, 0.1) is 0 Å². The Labute approximate surface area is 99.4 Å². The van der Waals surface area contributed by atoms with E-state index >= 15 is 0 Å². The smallest absolute Gasteiger partial charge is 0.342 e. The van der Waals surface area contributed by atoms with E-state index in [-0.39, 0.29) is 25.6 Å². The van der Waals surface area contributed by atoms with E-state index < -0.39 is 17.5 Å². The second kappa shape index (κ2) is 4.84. The van der Waals surface area contributed by atoms with Crippen LogP contribution in [0.1, 0.15) is 26.7 Å². The molecule has 3 nitrogen and oxygen atoms in total. The zero-order valence-corrected chi connectivity index (χ0v) is 10.4. The van der Waals surface area contributed by atoms with Crippen LogP contribution in [0.2, 0.25) is 0 Å². The molecule has 0 saturated carbocycles. The Bertz CT molecular complexity index is 285. The minimum Gasteiger partial charge on any atom is -0.342 e. The van der Waals surface area contributed by atoms with Gasteiger partial charge in [-0.05, 0) is 26.3 Å². The molecule has 0 bridgehead atoms. The van der Waals surface area contributed by atoms with Crippen LogP contribution in [0, 0.1) is 5.41 Å². The van der Waals surface area contributed by atoms with Gasteiger partial charge < -0.3 is 10.2 Å². The lowest BCUT2D eigenvalue weighted by Crippen LogP contribution is -2.54. The van der Waals surface area contributed by atoms with Crippen LogP contribution in [0.4, 0.5) is 13.2 Å². The Kier molecular flexibility index (Phi) is 4.06. The predicted molar refractivity (Wildman–Crippen MR) is 58.5 cm³/mol. The normalized spacial score (nSPS) is 26.9. The van der Waals surface area contributed by atoms with E-state index in [1.807, 2.05) is 6.92 Å². The molecule has 2 unspecified atom stereocenters. The summed E-state index contributed by atoms with van der Waals surface area (Å²) in [6, 6.07) is -0.178. The molecule has 0 aromatic heterocycles. The maximum absolute atomic E-state index is 13.1. The van der Waals surface area contributed by atoms with Gasteiger partial charge >= 0.3 is 6.18 Å². The van der Waals surface area contributed by atoms with Crippen molar-refractivity contribution in [1.29, 1.82) is 0 Å². The monoisotopic (exact) mass is 252 g/mol. The van der Waals surface area contributed by atoms with Crippen LogP contribution < -0.4 is 5.32 Å². The summed E-state index contributed by atoms with van der Waals surface area (Å²) in [6.45, 7) is 3.53. The summed E-state index contributed by atoms with van der Waals surface area (Å²) in [7, 11) is 1.45. The van der Waals surface area contributed by atoms with E-state index in [4.69, 9.17) is 0 Å². The molecule has 17 heavy (non-hydrogen) atoms. The third-order valence-electron chi connectivity index (χ3n) is 3.68. The summed E-state index contributed by atoms with van der Waals surface area (Å²) in [5, 5.41) is 2.64. The number of amides is 1. The molecular formula is C11H19F3N2O. The molecule has 100 valence electrons. The third-order valence-corrected chi connectivity index (χ3v) is 3.68. The predicted octanol–water partition coefficient (Wildman–Crippen LogP) is 1.79. The molecule has 1 rings (SSSR count). The molecule has 0 radical (unpaired) electrons. The summed E-state index contributed by atoms with van der Waals surface area (Å²) in [5.74, 6) is -0.815. The maximum atomic E-state index is 13.1. The molecule has 1 saturated heterocycles. The molecular weight excluding hydrogens is 233 g/mol. The number of hydrogen-bond acceptors (Lipinski definition) is 2. The third kappa shape index (κ3) is 2.41. The lowest BCUT2D eigenvalue weighted by molar-refractivity contribution is -0.222. The van der Waals surface area contributed by atoms with Gasteiger partial charge in [0.25, 0.3) is 0 Å². The van der Waals surface area contributed by atoms with Crippen LogP contribution in [0.15, 0.2) is 0 Å². The van der Waals surface area contributed by atoms with Crippen molar-refractivity contribution in [2.24, 2.45) is 5.41 Å². The lowest BCUT2D eigenvalue weighted by atomic mass is 9.84. The van der Waals surface area contributed by atoms with Crippen molar-refractivity contribution in [3.8, 4) is 0 Å². The fourth-order valence-corrected chi connectivity index (χ4v) is 2.05. The molecule has 1 aliphatic heterocycles. The van der Waals surface area contributed by atoms with Gasteiger partial charge in [-0.15, -0.1) is 0 Å². The first-order valence-corrected chi connectivity index (χ1v) is 5.81. The highest BCUT2D eigenvalue weighted by Gasteiger charge is 2.62. The lowest BCUT2D eigenvalue weighted by Gasteiger charge is -2.35. The quantitative estimate of drug-likeness (QED) is 0.830. The average Bonchev–Trinajstić information content (AvgIpc) is 2.75. The van der Waals surface area contributed by atoms with Gasteiger partial charge in [-0.2, -0.15) is 13.2 Å². The molecule has 1 N–H and O–H groups in total. The van der Waals surface area contributed by atoms with E-state index in [0.717, 1.165) is 0 Å². The Morgan fingerprint density at radius 2 is 2.12 bits per heavy atom. The molecule has 1 fully saturated rings. The number of rotatable bonds is 3. The van der Waals surface area contributed by atoms with Crippen molar-refractivity contribution < 1.29 is 18.0 Å². The van der Waals surface area contributed by atoms with Crippen molar-refractivity contribution in [3.05, 3.63) is 0 Å². The summed E-state index contributed by atoms with van der Waals surface area (Å²) in [4.78, 5) is 13.3. The number of halogens is 3. The van der Waals surface area contributed by atoms with Gasteiger partial charge in [-0.25, -0.2) is 0 Å². The summed E-state index contributed by atoms with van der Waals surface area (Å²) in [6.07, 6.45) is -4.02. The van der Waals surface area contributed by atoms with Crippen LogP contribution in [-0.2, 0) is 4.79 Å². The molecule has 1 amide bonds. The Hall–Kier alpha value is -0.780. The number of carbonyl (C=O) groups excluding carboxylic acids is 1. The van der Waals surface area contributed by atoms with E-state index in [2.05, 4.69) is 5.32 Å². The van der Waals surface area contributed by atoms with Crippen LogP contribution in [0.5, 0.6) is 0 Å². The molecule has 1 aliphatic rings. The number of hydrogen-bond donors (Lipinski definition) is 1. The van der Waals surface area contributed by atoms with Crippen LogP contribution in [0.25, 0.3) is 0 Å². The topological polar surface area (TPSA) is 32.3 Å². The fraction of sp³-hybridized carbons (Fsp3) is 0.909. The zero-order valence-electron chi connectivity index (χ0n) is 10.4. The molecule has 6 heteroatoms. The fourth-order valence-electron chi connectivity index (χ4n) is 2.05. The molecule has 0 spiro atoms. The van der Waals surface area contributed by atoms with Crippen LogP contribution >= 0.6 is 0 Å². The van der Waals surface area contributed by atoms with Crippen LogP contribution in [-0.4, -0.2) is 43.2 Å². The summed E-state index contributed by atoms with van der Waals surface area (Å²) < 4.78 is 39.3. The van der Waals surface area contributed by atoms with Gasteiger partial charge in [-0.3, -0.25) is 4.79 Å². The second-order valence-corrected chi connectivity index (χ2v) is 4.68. The van der Waals surface area contributed by atoms with E-state index in [1.54, 1.807) is 6.92 Å². The first-order chi connectivity index (χ1) is 7.76. The second-order valence-electron chi connectivity index (χ2n) is 4.68. The molecule has 1 heterocycles. The van der Waals surface area contributed by atoms with E-state index in [1.165, 1.54) is 11.9 Å². The summed E-state index contributed by atoms with van der Waals surface area (Å²) in [5.41, 5.74) is -2.23. The van der Waals surface area contributed by atoms with Crippen molar-refractivity contribution in [3.63, 3.8) is 0 Å². The number of carbonyl (C=O) groups is 1. The zero-order chi connectivity index (χ0) is 13.3. The van der Waals surface area contributed by atoms with Crippen molar-refractivity contribution in [2.75, 3.05) is 20.1 Å². The standard InChI is InChI=1S/C11H19F3N2O/c1-4-8(2)16(3)9(17)10(11(12,13)14)5-6-15-7-10/h8,15H,4-7H2,1-3H3. The number of nitrogens with one attached hydrogen (secondary N) is 1. The van der Waals surface area contributed by atoms with Gasteiger partial charge in [0, 0.05) is 19.6 Å². The molecule has 2 atom stereocenters. The maximum Gasteiger partial charge on any atom is 0.404 e. The van der Waals surface area contributed by atoms with E-state index in [9.17, 15) is 18.0 Å². The Balaban J connectivity index is 2.97. The van der Waals surface area contributed by atoms with Crippen LogP contribution in [0.3, 0.4) is 0 Å². The molecule has 0 aromatic carbocycles. The number of alkyl halides is 3. The van der Waals surface area contributed by atoms with Crippen molar-refractivity contribution >= 4 is 5.91 Å². The molecule has 0 aromatic rings. The van der Waals surface area contributed by atoms with Gasteiger partial charge in [0.15, 0.2) is 5.41 Å². The largest absolute Gasteiger partial charge is 0.404 e. The van der Waals surface area contributed by atoms with Crippen molar-refractivity contribution in [2.45, 2.75) is 38.9 Å². The molecule has 0 aliphatic carbocycles. The highest BCUT2D eigenvalue weighted by Crippen LogP contribution is 2.44. The minimum atomic E-state index is -4.49. The minimum absolute atomic E-state index is 0.171. The highest BCUT2D eigenvalue weighted by atomic mass is 19.4. The van der Waals surface area contributed by atoms with E-state index in [0.29, 0.717) is 6.42 Å². The Morgan fingerprint density at radius 3 is 2.47 bits per heavy atom. The van der Waals surface area contributed by atoms with Crippen molar-refractivity contribution in [1.82, 2.24) is 10.2 Å². The van der Waals surface area contributed by atoms with Gasteiger partial charge in [0.1, 0.15) is 0 Å². The first-order valence-electron chi connectivity index (χ1n) is 5.81. The SMILES string of the molecule is CCC(C)N(C)C(=O)C1(C(F)(F)F)CCNC1.